The minimum Gasteiger partial charge on any atom is -0.870 e. The van der Waals surface area contributed by atoms with Gasteiger partial charge in [0.2, 0.25) is 0 Å². The highest BCUT2D eigenvalue weighted by Gasteiger charge is 2.09. The molecule has 0 bridgehead atoms. The summed E-state index contributed by atoms with van der Waals surface area (Å²) < 4.78 is 0.844. The van der Waals surface area contributed by atoms with Gasteiger partial charge in [0.15, 0.2) is 11.1 Å². The van der Waals surface area contributed by atoms with Crippen molar-refractivity contribution in [2.45, 2.75) is 18.9 Å². The molecule has 146 valence electrons. The maximum atomic E-state index is 10.2. The summed E-state index contributed by atoms with van der Waals surface area (Å²) in [7, 11) is 6.16. The van der Waals surface area contributed by atoms with Crippen molar-refractivity contribution in [2.75, 3.05) is 40.8 Å². The molecule has 12 heteroatoms. The van der Waals surface area contributed by atoms with Gasteiger partial charge in [-0.2, -0.15) is 0 Å². The van der Waals surface area contributed by atoms with Crippen LogP contribution in [0.15, 0.2) is 4.99 Å². The molecule has 13 N–H and O–H groups in total. The van der Waals surface area contributed by atoms with Crippen LogP contribution in [0.3, 0.4) is 0 Å². The first-order valence-corrected chi connectivity index (χ1v) is 7.24. The zero-order valence-corrected chi connectivity index (χ0v) is 15.4. The van der Waals surface area contributed by atoms with E-state index in [2.05, 4.69) is 49.8 Å². The summed E-state index contributed by atoms with van der Waals surface area (Å²) in [4.78, 5) is 13.9. The summed E-state index contributed by atoms with van der Waals surface area (Å²) in [5, 5.41) is 16.8. The molecular weight excluding hydrogens is 338 g/mol. The highest BCUT2D eigenvalue weighted by Crippen LogP contribution is 1.94. The Morgan fingerprint density at radius 1 is 1.21 bits per heavy atom. The van der Waals surface area contributed by atoms with Crippen molar-refractivity contribution >= 4 is 29.3 Å². The average molecular weight is 372 g/mol. The van der Waals surface area contributed by atoms with Crippen LogP contribution in [0.2, 0.25) is 0 Å². The van der Waals surface area contributed by atoms with Crippen molar-refractivity contribution in [3.8, 4) is 0 Å². The number of aliphatic hydroxyl groups excluding tert-OH is 1. The Kier molecular flexibility index (Phi) is 22.2. The minimum atomic E-state index is -1.00. The number of nitrogens with zero attached hydrogens (tertiary/aromatic N) is 2. The Hall–Kier alpha value is -1.73. The second-order valence-electron chi connectivity index (χ2n) is 5.53. The number of quaternary nitrogens is 1. The molecule has 0 aliphatic heterocycles. The minimum absolute atomic E-state index is 0. The molecule has 0 spiro atoms. The van der Waals surface area contributed by atoms with Crippen molar-refractivity contribution in [1.82, 2.24) is 0 Å². The van der Waals surface area contributed by atoms with Crippen LogP contribution in [-0.2, 0) is 4.79 Å². The summed E-state index contributed by atoms with van der Waals surface area (Å²) in [6.45, 7) is 1.53. The molecule has 0 aliphatic carbocycles. The van der Waals surface area contributed by atoms with Gasteiger partial charge in [0.1, 0.15) is 12.6 Å². The molecular formula is C12H33N7O4S. The summed E-state index contributed by atoms with van der Waals surface area (Å²) in [5.41, 5.74) is 24.6. The number of likely N-dealkylation sites (N-methyl/N-ethyl adjacent to an activating group) is 1. The monoisotopic (exact) mass is 371 g/mol. The van der Waals surface area contributed by atoms with Crippen molar-refractivity contribution in [3.63, 3.8) is 0 Å². The molecule has 0 saturated carbocycles. The van der Waals surface area contributed by atoms with E-state index < -0.39 is 12.0 Å². The van der Waals surface area contributed by atoms with E-state index in [1.165, 1.54) is 0 Å². The molecule has 0 aliphatic rings. The Morgan fingerprint density at radius 2 is 1.62 bits per heavy atom. The maximum Gasteiger partial charge on any atom is 0.320 e. The third kappa shape index (κ3) is 42.7. The van der Waals surface area contributed by atoms with E-state index in [0.717, 1.165) is 11.0 Å². The molecule has 24 heavy (non-hydrogen) atoms. The van der Waals surface area contributed by atoms with Crippen LogP contribution in [0, 0.1) is 0 Å². The number of thiocarbonyl (C=S) groups is 1. The van der Waals surface area contributed by atoms with E-state index in [1.807, 2.05) is 0 Å². The van der Waals surface area contributed by atoms with E-state index in [0.29, 0.717) is 19.4 Å². The van der Waals surface area contributed by atoms with Crippen LogP contribution in [0.1, 0.15) is 12.8 Å². The number of aliphatic imine (C=N–C) groups is 1. The van der Waals surface area contributed by atoms with Crippen LogP contribution in [0.5, 0.6) is 0 Å². The predicted molar refractivity (Wildman–Crippen MR) is 98.4 cm³/mol. The van der Waals surface area contributed by atoms with Crippen LogP contribution in [0.4, 0.5) is 0 Å². The Morgan fingerprint density at radius 3 is 1.83 bits per heavy atom. The first kappa shape index (κ1) is 30.2. The van der Waals surface area contributed by atoms with Gasteiger partial charge in [-0.1, -0.05) is 0 Å². The lowest BCUT2D eigenvalue weighted by Crippen LogP contribution is -2.36. The second kappa shape index (κ2) is 17.6. The lowest BCUT2D eigenvalue weighted by Gasteiger charge is -2.21. The molecule has 0 radical (unpaired) electrons. The van der Waals surface area contributed by atoms with Gasteiger partial charge < -0.3 is 48.8 Å². The summed E-state index contributed by atoms with van der Waals surface area (Å²) in [6, 6.07) is -0.820. The number of rotatable bonds is 7. The molecule has 0 aromatic heterocycles. The van der Waals surface area contributed by atoms with E-state index in [9.17, 15) is 4.79 Å². The van der Waals surface area contributed by atoms with Crippen molar-refractivity contribution in [3.05, 3.63) is 0 Å². The predicted octanol–water partition coefficient (Wildman–Crippen LogP) is -2.85. The van der Waals surface area contributed by atoms with Crippen LogP contribution in [0.25, 0.3) is 0 Å². The Balaban J connectivity index is -0.000000142. The molecule has 0 fully saturated rings. The van der Waals surface area contributed by atoms with Crippen LogP contribution >= 0.6 is 12.2 Å². The van der Waals surface area contributed by atoms with E-state index in [-0.39, 0.29) is 23.2 Å². The molecule has 0 amide bonds. The topological polar surface area (TPSA) is 230 Å². The largest absolute Gasteiger partial charge is 0.870 e. The highest BCUT2D eigenvalue weighted by molar-refractivity contribution is 7.80. The van der Waals surface area contributed by atoms with Crippen LogP contribution in [-0.4, -0.2) is 84.1 Å². The fraction of sp³-hybridized carbons (Fsp3) is 0.750. The first-order chi connectivity index (χ1) is 10.3. The van der Waals surface area contributed by atoms with Gasteiger partial charge in [-0.3, -0.25) is 9.79 Å². The molecule has 11 nitrogen and oxygen atoms in total. The van der Waals surface area contributed by atoms with Crippen molar-refractivity contribution < 1.29 is 25.0 Å². The van der Waals surface area contributed by atoms with Crippen molar-refractivity contribution in [1.29, 1.82) is 0 Å². The van der Waals surface area contributed by atoms with Gasteiger partial charge in [-0.05, 0) is 25.1 Å². The van der Waals surface area contributed by atoms with Gasteiger partial charge in [-0.25, -0.2) is 0 Å². The number of carbonyl (C=O) groups is 1. The average Bonchev–Trinajstić information content (AvgIpc) is 2.32. The molecule has 0 aromatic rings. The number of aliphatic hydroxyl groups is 1. The third-order valence-corrected chi connectivity index (χ3v) is 2.06. The molecule has 1 atom stereocenters. The lowest BCUT2D eigenvalue weighted by molar-refractivity contribution is -0.870. The number of hydrogen-bond acceptors (Lipinski definition) is 6. The van der Waals surface area contributed by atoms with Crippen LogP contribution < -0.4 is 28.7 Å². The molecule has 1 unspecified atom stereocenters. The number of carboxylic acid groups (broad SMARTS) is 1. The molecule has 0 aromatic carbocycles. The Labute approximate surface area is 148 Å². The van der Waals surface area contributed by atoms with E-state index in [1.54, 1.807) is 0 Å². The lowest BCUT2D eigenvalue weighted by atomic mass is 10.2. The second-order valence-corrected chi connectivity index (χ2v) is 6.00. The third-order valence-electron chi connectivity index (χ3n) is 2.06. The normalized spacial score (nSPS) is 10.5. The van der Waals surface area contributed by atoms with Gasteiger partial charge in [0.25, 0.3) is 0 Å². The van der Waals surface area contributed by atoms with E-state index in [4.69, 9.17) is 27.4 Å². The maximum absolute atomic E-state index is 10.2. The number of nitrogens with two attached hydrogens (primary N) is 5. The Bertz CT molecular complexity index is 354. The first-order valence-electron chi connectivity index (χ1n) is 6.83. The number of guanidine groups is 1. The highest BCUT2D eigenvalue weighted by atomic mass is 32.1. The molecule has 0 rings (SSSR count). The SMILES string of the molecule is C[N+](C)(C)CCO.NC(N)=NCCCC(N)C(=O)O.NC(N)=S.[OH-]. The van der Waals surface area contributed by atoms with Crippen molar-refractivity contribution in [2.24, 2.45) is 33.7 Å². The molecule has 0 saturated heterocycles. The van der Waals surface area contributed by atoms with E-state index >= 15 is 0 Å². The number of carboxylic acids is 1. The fourth-order valence-electron chi connectivity index (χ4n) is 0.943. The van der Waals surface area contributed by atoms with Gasteiger partial charge in [0.05, 0.1) is 27.7 Å². The van der Waals surface area contributed by atoms with Gasteiger partial charge in [-0.15, -0.1) is 0 Å². The quantitative estimate of drug-likeness (QED) is 0.0795. The smallest absolute Gasteiger partial charge is 0.320 e. The van der Waals surface area contributed by atoms with Gasteiger partial charge >= 0.3 is 5.97 Å². The summed E-state index contributed by atoms with van der Waals surface area (Å²) in [6.07, 6.45) is 0.956. The zero-order valence-electron chi connectivity index (χ0n) is 14.6. The number of hydrogen-bond donors (Lipinski definition) is 7. The zero-order chi connectivity index (χ0) is 19.1. The fourth-order valence-corrected chi connectivity index (χ4v) is 0.943. The standard InChI is InChI=1S/C6H14N4O2.C5H14NO.CH4N2S.H2O/c7-4(5(11)12)2-1-3-10-6(8)9;1-6(2,3)4-5-7;2-1(3)4;/h4H,1-3,7H2,(H,11,12)(H4,8,9,10);7H,4-5H2,1-3H3;(H4,2,3,4);1H2/q;+1;;/p-1. The summed E-state index contributed by atoms with van der Waals surface area (Å²) >= 11 is 4.09. The van der Waals surface area contributed by atoms with Gasteiger partial charge in [0, 0.05) is 6.54 Å². The number of aliphatic carboxylic acids is 1. The summed E-state index contributed by atoms with van der Waals surface area (Å²) in [5.74, 6) is -0.987. The molecule has 0 heterocycles.